The number of hydrogen-bond acceptors (Lipinski definition) is 1. The summed E-state index contributed by atoms with van der Waals surface area (Å²) in [5.74, 6) is 0.483. The molecule has 0 radical (unpaired) electrons. The van der Waals surface area contributed by atoms with Gasteiger partial charge in [0.05, 0.1) is 0 Å². The van der Waals surface area contributed by atoms with E-state index in [9.17, 15) is 5.11 Å². The number of benzene rings is 1. The zero-order valence-corrected chi connectivity index (χ0v) is 8.02. The van der Waals surface area contributed by atoms with Gasteiger partial charge in [0, 0.05) is 0 Å². The van der Waals surface area contributed by atoms with E-state index >= 15 is 0 Å². The van der Waals surface area contributed by atoms with Gasteiger partial charge in [-0.2, -0.15) is 0 Å². The third-order valence-corrected chi connectivity index (χ3v) is 2.30. The summed E-state index contributed by atoms with van der Waals surface area (Å²) < 4.78 is 0. The molecule has 1 rings (SSSR count). The van der Waals surface area contributed by atoms with Gasteiger partial charge in [0.25, 0.3) is 0 Å². The fourth-order valence-corrected chi connectivity index (χ4v) is 1.33. The van der Waals surface area contributed by atoms with Crippen LogP contribution in [0.25, 0.3) is 0 Å². The summed E-state index contributed by atoms with van der Waals surface area (Å²) in [5, 5.41) is 9.71. The third kappa shape index (κ3) is 1.60. The molecule has 66 valence electrons. The van der Waals surface area contributed by atoms with Gasteiger partial charge in [-0.15, -0.1) is 0 Å². The monoisotopic (exact) mass is 164 g/mol. The number of hydrogen-bond donors (Lipinski definition) is 1. The average Bonchev–Trinajstić information content (AvgIpc) is 2.07. The van der Waals surface area contributed by atoms with Gasteiger partial charge in [-0.25, -0.2) is 0 Å². The number of aryl methyl sites for hydroxylation is 2. The van der Waals surface area contributed by atoms with E-state index in [0.29, 0.717) is 5.75 Å². The second-order valence-electron chi connectivity index (χ2n) is 3.27. The molecule has 0 fully saturated rings. The molecular weight excluding hydrogens is 148 g/mol. The van der Waals surface area contributed by atoms with Crippen LogP contribution in [-0.4, -0.2) is 5.11 Å². The number of phenols is 1. The molecule has 0 aliphatic heterocycles. The molecule has 0 unspecified atom stereocenters. The lowest BCUT2D eigenvalue weighted by Gasteiger charge is -2.08. The van der Waals surface area contributed by atoms with Gasteiger partial charge in [0.2, 0.25) is 0 Å². The van der Waals surface area contributed by atoms with Crippen LogP contribution < -0.4 is 0 Å². The minimum Gasteiger partial charge on any atom is -0.507 e. The molecule has 0 aromatic heterocycles. The molecule has 1 aromatic carbocycles. The predicted molar refractivity (Wildman–Crippen MR) is 51.6 cm³/mol. The Morgan fingerprint density at radius 3 is 2.50 bits per heavy atom. The van der Waals surface area contributed by atoms with Crippen LogP contribution in [0, 0.1) is 13.8 Å². The molecule has 0 amide bonds. The second-order valence-corrected chi connectivity index (χ2v) is 3.27. The second kappa shape index (κ2) is 3.61. The SMILES string of the molecule is CCCc1ccc(C)c(C)c1O. The Bertz CT molecular complexity index is 277. The van der Waals surface area contributed by atoms with Gasteiger partial charge in [0.1, 0.15) is 5.75 Å². The lowest BCUT2D eigenvalue weighted by atomic mass is 10.0. The molecule has 0 aliphatic carbocycles. The van der Waals surface area contributed by atoms with E-state index in [1.54, 1.807) is 0 Å². The first-order valence-corrected chi connectivity index (χ1v) is 4.44. The summed E-state index contributed by atoms with van der Waals surface area (Å²) in [7, 11) is 0. The molecule has 12 heavy (non-hydrogen) atoms. The minimum absolute atomic E-state index is 0.483. The van der Waals surface area contributed by atoms with Crippen molar-refractivity contribution in [3.8, 4) is 5.75 Å². The summed E-state index contributed by atoms with van der Waals surface area (Å²) in [6, 6.07) is 4.08. The Morgan fingerprint density at radius 2 is 1.92 bits per heavy atom. The first-order chi connectivity index (χ1) is 5.66. The van der Waals surface area contributed by atoms with Crippen LogP contribution in [-0.2, 0) is 6.42 Å². The first kappa shape index (κ1) is 9.11. The van der Waals surface area contributed by atoms with Crippen molar-refractivity contribution in [2.75, 3.05) is 0 Å². The highest BCUT2D eigenvalue weighted by Crippen LogP contribution is 2.25. The lowest BCUT2D eigenvalue weighted by Crippen LogP contribution is -1.89. The molecule has 0 atom stereocenters. The molecule has 0 spiro atoms. The summed E-state index contributed by atoms with van der Waals surface area (Å²) in [5.41, 5.74) is 3.24. The Balaban J connectivity index is 3.08. The van der Waals surface area contributed by atoms with E-state index < -0.39 is 0 Å². The Hall–Kier alpha value is -0.980. The molecular formula is C11H16O. The molecule has 1 nitrogen and oxygen atoms in total. The maximum atomic E-state index is 9.71. The molecule has 0 bridgehead atoms. The average molecular weight is 164 g/mol. The number of rotatable bonds is 2. The van der Waals surface area contributed by atoms with E-state index in [1.807, 2.05) is 19.9 Å². The predicted octanol–water partition coefficient (Wildman–Crippen LogP) is 2.96. The van der Waals surface area contributed by atoms with E-state index in [2.05, 4.69) is 13.0 Å². The molecule has 1 heteroatoms. The molecule has 0 aliphatic rings. The van der Waals surface area contributed by atoms with Crippen LogP contribution in [0.1, 0.15) is 30.0 Å². The van der Waals surface area contributed by atoms with Crippen LogP contribution in [0.3, 0.4) is 0 Å². The Kier molecular flexibility index (Phi) is 2.74. The fourth-order valence-electron chi connectivity index (χ4n) is 1.33. The van der Waals surface area contributed by atoms with Crippen LogP contribution in [0.4, 0.5) is 0 Å². The van der Waals surface area contributed by atoms with Gasteiger partial charge >= 0.3 is 0 Å². The van der Waals surface area contributed by atoms with Crippen molar-refractivity contribution in [2.24, 2.45) is 0 Å². The van der Waals surface area contributed by atoms with Crippen molar-refractivity contribution < 1.29 is 5.11 Å². The summed E-state index contributed by atoms with van der Waals surface area (Å²) in [6.07, 6.45) is 2.04. The van der Waals surface area contributed by atoms with Crippen molar-refractivity contribution in [1.82, 2.24) is 0 Å². The van der Waals surface area contributed by atoms with E-state index in [4.69, 9.17) is 0 Å². The van der Waals surface area contributed by atoms with Gasteiger partial charge < -0.3 is 5.11 Å². The summed E-state index contributed by atoms with van der Waals surface area (Å²) in [4.78, 5) is 0. The standard InChI is InChI=1S/C11H16O/c1-4-5-10-7-6-8(2)9(3)11(10)12/h6-7,12H,4-5H2,1-3H3. The molecule has 0 saturated carbocycles. The molecule has 0 heterocycles. The van der Waals surface area contributed by atoms with Crippen molar-refractivity contribution in [1.29, 1.82) is 0 Å². The van der Waals surface area contributed by atoms with Gasteiger partial charge in [-0.1, -0.05) is 25.5 Å². The molecule has 1 N–H and O–H groups in total. The molecule has 0 saturated heterocycles. The zero-order valence-electron chi connectivity index (χ0n) is 8.02. The minimum atomic E-state index is 0.483. The number of aromatic hydroxyl groups is 1. The summed E-state index contributed by atoms with van der Waals surface area (Å²) >= 11 is 0. The highest BCUT2D eigenvalue weighted by Gasteiger charge is 2.04. The highest BCUT2D eigenvalue weighted by atomic mass is 16.3. The largest absolute Gasteiger partial charge is 0.507 e. The third-order valence-electron chi connectivity index (χ3n) is 2.30. The van der Waals surface area contributed by atoms with Crippen LogP contribution >= 0.6 is 0 Å². The van der Waals surface area contributed by atoms with Gasteiger partial charge in [-0.05, 0) is 37.0 Å². The Labute approximate surface area is 74.1 Å². The van der Waals surface area contributed by atoms with Crippen LogP contribution in [0.15, 0.2) is 12.1 Å². The van der Waals surface area contributed by atoms with Crippen LogP contribution in [0.2, 0.25) is 0 Å². The highest BCUT2D eigenvalue weighted by molar-refractivity contribution is 5.44. The maximum absolute atomic E-state index is 9.71. The van der Waals surface area contributed by atoms with E-state index in [-0.39, 0.29) is 0 Å². The normalized spacial score (nSPS) is 10.2. The van der Waals surface area contributed by atoms with Gasteiger partial charge in [0.15, 0.2) is 0 Å². The van der Waals surface area contributed by atoms with Gasteiger partial charge in [-0.3, -0.25) is 0 Å². The molecule has 1 aromatic rings. The maximum Gasteiger partial charge on any atom is 0.121 e. The van der Waals surface area contributed by atoms with Crippen molar-refractivity contribution in [3.63, 3.8) is 0 Å². The smallest absolute Gasteiger partial charge is 0.121 e. The quantitative estimate of drug-likeness (QED) is 0.712. The Morgan fingerprint density at radius 1 is 1.25 bits per heavy atom. The van der Waals surface area contributed by atoms with Crippen molar-refractivity contribution >= 4 is 0 Å². The number of phenolic OH excluding ortho intramolecular Hbond substituents is 1. The first-order valence-electron chi connectivity index (χ1n) is 4.44. The van der Waals surface area contributed by atoms with Crippen molar-refractivity contribution in [2.45, 2.75) is 33.6 Å². The van der Waals surface area contributed by atoms with E-state index in [0.717, 1.165) is 29.5 Å². The topological polar surface area (TPSA) is 20.2 Å². The van der Waals surface area contributed by atoms with Crippen molar-refractivity contribution in [3.05, 3.63) is 28.8 Å². The lowest BCUT2D eigenvalue weighted by molar-refractivity contribution is 0.463. The van der Waals surface area contributed by atoms with Crippen LogP contribution in [0.5, 0.6) is 5.75 Å². The fraction of sp³-hybridized carbons (Fsp3) is 0.455. The van der Waals surface area contributed by atoms with E-state index in [1.165, 1.54) is 0 Å². The summed E-state index contributed by atoms with van der Waals surface area (Å²) in [6.45, 7) is 6.10. The zero-order chi connectivity index (χ0) is 9.14.